The smallest absolute Gasteiger partial charge is 0.261 e. The first kappa shape index (κ1) is 15.9. The highest BCUT2D eigenvalue weighted by Crippen LogP contribution is 2.15. The van der Waals surface area contributed by atoms with Crippen LogP contribution in [0.3, 0.4) is 0 Å². The molecule has 0 spiro atoms. The molecule has 0 fully saturated rings. The lowest BCUT2D eigenvalue weighted by atomic mass is 10.2. The topological polar surface area (TPSA) is 72.5 Å². The lowest BCUT2D eigenvalue weighted by molar-refractivity contribution is 0.0746. The van der Waals surface area contributed by atoms with E-state index in [0.29, 0.717) is 18.7 Å². The number of hydrogen-bond donors (Lipinski definition) is 1. The van der Waals surface area contributed by atoms with E-state index in [-0.39, 0.29) is 16.9 Å². The van der Waals surface area contributed by atoms with Crippen molar-refractivity contribution in [3.05, 3.63) is 29.8 Å². The predicted molar refractivity (Wildman–Crippen MR) is 72.9 cm³/mol. The second kappa shape index (κ2) is 6.88. The Kier molecular flexibility index (Phi) is 5.78. The van der Waals surface area contributed by atoms with Gasteiger partial charge in [0.05, 0.1) is 17.6 Å². The van der Waals surface area contributed by atoms with Crippen LogP contribution in [0.5, 0.6) is 0 Å². The first-order valence-electron chi connectivity index (χ1n) is 5.75. The fourth-order valence-electron chi connectivity index (χ4n) is 1.33. The van der Waals surface area contributed by atoms with Crippen molar-refractivity contribution < 1.29 is 17.9 Å². The highest BCUT2D eigenvalue weighted by Gasteiger charge is 2.11. The Morgan fingerprint density at radius 2 is 1.89 bits per heavy atom. The Bertz CT molecular complexity index is 525. The van der Waals surface area contributed by atoms with Crippen molar-refractivity contribution in [1.29, 1.82) is 0 Å². The fraction of sp³-hybridized carbons (Fsp3) is 0.417. The number of carbonyl (C=O) groups excluding carboxylic acids is 1. The van der Waals surface area contributed by atoms with Gasteiger partial charge in [0.25, 0.3) is 15.0 Å². The summed E-state index contributed by atoms with van der Waals surface area (Å²) in [5, 5.41) is 2.67. The van der Waals surface area contributed by atoms with Gasteiger partial charge in [-0.1, -0.05) is 0 Å². The molecule has 0 aromatic heterocycles. The van der Waals surface area contributed by atoms with E-state index in [9.17, 15) is 13.2 Å². The number of ether oxygens (including phenoxy) is 1. The van der Waals surface area contributed by atoms with Crippen molar-refractivity contribution in [2.45, 2.75) is 24.8 Å². The molecular formula is C12H16ClNO4S. The molecule has 0 radical (unpaired) electrons. The van der Waals surface area contributed by atoms with Crippen LogP contribution >= 0.6 is 10.7 Å². The molecule has 0 atom stereocenters. The van der Waals surface area contributed by atoms with Gasteiger partial charge in [0, 0.05) is 22.8 Å². The van der Waals surface area contributed by atoms with Crippen LogP contribution in [-0.2, 0) is 13.8 Å². The molecule has 1 amide bonds. The summed E-state index contributed by atoms with van der Waals surface area (Å²) < 4.78 is 27.4. The van der Waals surface area contributed by atoms with E-state index >= 15 is 0 Å². The largest absolute Gasteiger partial charge is 0.377 e. The predicted octanol–water partition coefficient (Wildman–Crippen LogP) is 1.77. The zero-order valence-electron chi connectivity index (χ0n) is 10.7. The summed E-state index contributed by atoms with van der Waals surface area (Å²) in [5.41, 5.74) is 0.369. The number of halogens is 1. The zero-order valence-corrected chi connectivity index (χ0v) is 12.3. The van der Waals surface area contributed by atoms with E-state index < -0.39 is 9.05 Å². The van der Waals surface area contributed by atoms with Crippen LogP contribution in [0.2, 0.25) is 0 Å². The van der Waals surface area contributed by atoms with Gasteiger partial charge >= 0.3 is 0 Å². The molecule has 0 saturated carbocycles. The average molecular weight is 306 g/mol. The second-order valence-electron chi connectivity index (χ2n) is 4.14. The number of nitrogens with one attached hydrogen (secondary N) is 1. The van der Waals surface area contributed by atoms with E-state index in [1.54, 1.807) is 0 Å². The molecule has 1 aromatic carbocycles. The van der Waals surface area contributed by atoms with Crippen molar-refractivity contribution in [1.82, 2.24) is 5.32 Å². The van der Waals surface area contributed by atoms with Gasteiger partial charge in [0.1, 0.15) is 0 Å². The van der Waals surface area contributed by atoms with Crippen LogP contribution < -0.4 is 5.32 Å². The summed E-state index contributed by atoms with van der Waals surface area (Å²) >= 11 is 0. The number of carbonyl (C=O) groups is 1. The third kappa shape index (κ3) is 5.59. The molecule has 0 unspecified atom stereocenters. The monoisotopic (exact) mass is 305 g/mol. The molecular weight excluding hydrogens is 290 g/mol. The molecule has 1 rings (SSSR count). The van der Waals surface area contributed by atoms with E-state index in [4.69, 9.17) is 15.4 Å². The Labute approximate surface area is 117 Å². The van der Waals surface area contributed by atoms with Gasteiger partial charge in [-0.25, -0.2) is 8.42 Å². The molecule has 0 aliphatic rings. The van der Waals surface area contributed by atoms with Crippen LogP contribution in [0.4, 0.5) is 0 Å². The molecule has 0 aliphatic carbocycles. The Morgan fingerprint density at radius 1 is 1.32 bits per heavy atom. The fourth-order valence-corrected chi connectivity index (χ4v) is 2.10. The molecule has 0 saturated heterocycles. The SMILES string of the molecule is CC(C)OCCNC(=O)c1ccc(S(=O)(=O)Cl)cc1. The van der Waals surface area contributed by atoms with Gasteiger partial charge in [-0.05, 0) is 38.1 Å². The minimum atomic E-state index is -3.76. The Balaban J connectivity index is 2.54. The maximum absolute atomic E-state index is 11.7. The molecule has 0 aliphatic heterocycles. The van der Waals surface area contributed by atoms with Crippen molar-refractivity contribution >= 4 is 25.6 Å². The summed E-state index contributed by atoms with van der Waals surface area (Å²) in [5.74, 6) is -0.286. The van der Waals surface area contributed by atoms with Gasteiger partial charge < -0.3 is 10.1 Å². The van der Waals surface area contributed by atoms with E-state index in [2.05, 4.69) is 5.32 Å². The molecule has 0 heterocycles. The van der Waals surface area contributed by atoms with Gasteiger partial charge in [0.2, 0.25) is 0 Å². The van der Waals surface area contributed by atoms with Crippen molar-refractivity contribution in [3.8, 4) is 0 Å². The zero-order chi connectivity index (χ0) is 14.5. The number of amides is 1. The first-order valence-corrected chi connectivity index (χ1v) is 8.06. The Hall–Kier alpha value is -1.11. The molecule has 1 N–H and O–H groups in total. The lowest BCUT2D eigenvalue weighted by Crippen LogP contribution is -2.28. The highest BCUT2D eigenvalue weighted by molar-refractivity contribution is 8.13. The van der Waals surface area contributed by atoms with Crippen LogP contribution in [0.25, 0.3) is 0 Å². The van der Waals surface area contributed by atoms with E-state index in [1.165, 1.54) is 24.3 Å². The van der Waals surface area contributed by atoms with E-state index in [0.717, 1.165) is 0 Å². The molecule has 1 aromatic rings. The molecule has 19 heavy (non-hydrogen) atoms. The third-order valence-electron chi connectivity index (χ3n) is 2.24. The van der Waals surface area contributed by atoms with Gasteiger partial charge in [0.15, 0.2) is 0 Å². The molecule has 0 bridgehead atoms. The average Bonchev–Trinajstić information content (AvgIpc) is 2.33. The van der Waals surface area contributed by atoms with Crippen LogP contribution in [0, 0.1) is 0 Å². The summed E-state index contributed by atoms with van der Waals surface area (Å²) in [4.78, 5) is 11.7. The number of benzene rings is 1. The van der Waals surface area contributed by atoms with Crippen molar-refractivity contribution in [2.75, 3.05) is 13.2 Å². The number of hydrogen-bond acceptors (Lipinski definition) is 4. The maximum Gasteiger partial charge on any atom is 0.261 e. The minimum absolute atomic E-state index is 0.0335. The van der Waals surface area contributed by atoms with Crippen LogP contribution in [0.1, 0.15) is 24.2 Å². The third-order valence-corrected chi connectivity index (χ3v) is 3.61. The standard InChI is InChI=1S/C12H16ClNO4S/c1-9(2)18-8-7-14-12(15)10-3-5-11(6-4-10)19(13,16)17/h3-6,9H,7-8H2,1-2H3,(H,14,15). The van der Waals surface area contributed by atoms with E-state index in [1.807, 2.05) is 13.8 Å². The van der Waals surface area contributed by atoms with Gasteiger partial charge in [-0.2, -0.15) is 0 Å². The summed E-state index contributed by atoms with van der Waals surface area (Å²) in [6.45, 7) is 4.64. The summed E-state index contributed by atoms with van der Waals surface area (Å²) in [6.07, 6.45) is 0.116. The highest BCUT2D eigenvalue weighted by atomic mass is 35.7. The normalized spacial score (nSPS) is 11.6. The molecule has 106 valence electrons. The van der Waals surface area contributed by atoms with Crippen molar-refractivity contribution in [3.63, 3.8) is 0 Å². The van der Waals surface area contributed by atoms with Crippen LogP contribution in [-0.4, -0.2) is 33.6 Å². The summed E-state index contributed by atoms with van der Waals surface area (Å²) in [6, 6.07) is 5.41. The molecule has 5 nitrogen and oxygen atoms in total. The van der Waals surface area contributed by atoms with Gasteiger partial charge in [-0.15, -0.1) is 0 Å². The Morgan fingerprint density at radius 3 is 2.37 bits per heavy atom. The quantitative estimate of drug-likeness (QED) is 0.642. The minimum Gasteiger partial charge on any atom is -0.377 e. The second-order valence-corrected chi connectivity index (χ2v) is 6.70. The van der Waals surface area contributed by atoms with Crippen LogP contribution in [0.15, 0.2) is 29.2 Å². The number of rotatable bonds is 6. The van der Waals surface area contributed by atoms with Gasteiger partial charge in [-0.3, -0.25) is 4.79 Å². The first-order chi connectivity index (χ1) is 8.80. The summed E-state index contributed by atoms with van der Waals surface area (Å²) in [7, 11) is 1.42. The lowest BCUT2D eigenvalue weighted by Gasteiger charge is -2.08. The van der Waals surface area contributed by atoms with Crippen molar-refractivity contribution in [2.24, 2.45) is 0 Å². The molecule has 7 heteroatoms. The maximum atomic E-state index is 11.7.